The van der Waals surface area contributed by atoms with E-state index in [1.165, 1.54) is 12.8 Å². The Morgan fingerprint density at radius 1 is 1.06 bits per heavy atom. The van der Waals surface area contributed by atoms with E-state index in [4.69, 9.17) is 4.74 Å². The van der Waals surface area contributed by atoms with Gasteiger partial charge in [0.2, 0.25) is 0 Å². The first kappa shape index (κ1) is 26.1. The highest BCUT2D eigenvalue weighted by molar-refractivity contribution is 5.19. The van der Waals surface area contributed by atoms with Crippen molar-refractivity contribution in [3.63, 3.8) is 0 Å². The topological polar surface area (TPSA) is 55.2 Å². The summed E-state index contributed by atoms with van der Waals surface area (Å²) in [6.07, 6.45) is 0.414. The summed E-state index contributed by atoms with van der Waals surface area (Å²) >= 11 is 0. The van der Waals surface area contributed by atoms with Gasteiger partial charge < -0.3 is 9.30 Å². The maximum Gasteiger partial charge on any atom is 0.391 e. The number of aromatic nitrogens is 3. The molecule has 1 aromatic heterocycles. The molecule has 0 spiro atoms. The molecule has 3 atom stereocenters. The minimum Gasteiger partial charge on any atom is -0.366 e. The molecule has 2 unspecified atom stereocenters. The van der Waals surface area contributed by atoms with Crippen LogP contribution in [0.25, 0.3) is 0 Å². The lowest BCUT2D eigenvalue weighted by Gasteiger charge is -2.40. The van der Waals surface area contributed by atoms with Crippen LogP contribution in [-0.4, -0.2) is 57.8 Å². The minimum absolute atomic E-state index is 0.0341. The van der Waals surface area contributed by atoms with Crippen molar-refractivity contribution in [2.24, 2.45) is 0 Å². The van der Waals surface area contributed by atoms with E-state index < -0.39 is 12.6 Å². The fraction of sp³-hybridized carbons (Fsp3) is 0.692. The van der Waals surface area contributed by atoms with E-state index in [0.717, 1.165) is 43.0 Å². The summed E-state index contributed by atoms with van der Waals surface area (Å²) in [5, 5.41) is 12.1. The molecule has 1 aromatic carbocycles. The van der Waals surface area contributed by atoms with Crippen molar-refractivity contribution in [2.75, 3.05) is 19.9 Å². The van der Waals surface area contributed by atoms with Gasteiger partial charge in [0, 0.05) is 36.6 Å². The van der Waals surface area contributed by atoms with Crippen LogP contribution in [0.4, 0.5) is 13.2 Å². The molecule has 3 heterocycles. The van der Waals surface area contributed by atoms with E-state index in [-0.39, 0.29) is 19.4 Å². The predicted molar refractivity (Wildman–Crippen MR) is 129 cm³/mol. The number of hydrogen-bond donors (Lipinski definition) is 1. The third-order valence-electron chi connectivity index (χ3n) is 7.47. The average molecular weight is 494 g/mol. The number of nitrogens with one attached hydrogen (secondary N) is 1. The van der Waals surface area contributed by atoms with E-state index in [1.54, 1.807) is 0 Å². The van der Waals surface area contributed by atoms with Crippen LogP contribution in [0.2, 0.25) is 0 Å². The molecule has 1 N–H and O–H groups in total. The van der Waals surface area contributed by atoms with Crippen molar-refractivity contribution in [2.45, 2.75) is 95.6 Å². The summed E-state index contributed by atoms with van der Waals surface area (Å²) < 4.78 is 44.8. The summed E-state index contributed by atoms with van der Waals surface area (Å²) in [5.74, 6) is 2.44. The highest BCUT2D eigenvalue weighted by Crippen LogP contribution is 2.42. The van der Waals surface area contributed by atoms with Crippen molar-refractivity contribution >= 4 is 0 Å². The van der Waals surface area contributed by atoms with Crippen LogP contribution < -0.4 is 5.32 Å². The second-order valence-corrected chi connectivity index (χ2v) is 10.3. The first-order valence-electron chi connectivity index (χ1n) is 12.8. The molecule has 0 amide bonds. The Labute approximate surface area is 206 Å². The number of piperidine rings is 1. The van der Waals surface area contributed by atoms with Crippen molar-refractivity contribution in [1.82, 2.24) is 25.0 Å². The number of nitrogens with zero attached hydrogens (tertiary/aromatic N) is 4. The maximum absolute atomic E-state index is 12.4. The third-order valence-corrected chi connectivity index (χ3v) is 7.47. The molecule has 2 aliphatic rings. The lowest BCUT2D eigenvalue weighted by Crippen LogP contribution is -2.45. The van der Waals surface area contributed by atoms with Crippen LogP contribution >= 0.6 is 0 Å². The lowest BCUT2D eigenvalue weighted by atomic mass is 9.95. The number of halogens is 3. The molecule has 2 saturated heterocycles. The monoisotopic (exact) mass is 493 g/mol. The SMILES string of the molecule is Cc1nnc(C(C)C)n1C1CC2CCC(C1)N2CC[C@H](NCOCCC(F)(F)F)c1ccccc1. The molecule has 2 fully saturated rings. The van der Waals surface area contributed by atoms with E-state index >= 15 is 0 Å². The fourth-order valence-corrected chi connectivity index (χ4v) is 5.82. The molecule has 194 valence electrons. The second kappa shape index (κ2) is 11.4. The van der Waals surface area contributed by atoms with Crippen molar-refractivity contribution in [3.05, 3.63) is 47.5 Å². The summed E-state index contributed by atoms with van der Waals surface area (Å²) in [4.78, 5) is 2.66. The van der Waals surface area contributed by atoms with Gasteiger partial charge in [-0.05, 0) is 44.6 Å². The standard InChI is InChI=1S/C26H38F3N5O/c1-18(2)25-32-31-19(3)34(25)23-15-21-9-10-22(16-23)33(21)13-11-24(20-7-5-4-6-8-20)30-17-35-14-12-26(27,28)29/h4-8,18,21-24,30H,9-17H2,1-3H3/t21?,22?,23?,24-/m0/s1. The normalized spacial score (nSPS) is 23.8. The van der Waals surface area contributed by atoms with Crippen LogP contribution in [0.1, 0.15) is 87.6 Å². The Hall–Kier alpha value is -1.97. The molecule has 35 heavy (non-hydrogen) atoms. The van der Waals surface area contributed by atoms with Crippen molar-refractivity contribution < 1.29 is 17.9 Å². The largest absolute Gasteiger partial charge is 0.391 e. The van der Waals surface area contributed by atoms with Gasteiger partial charge in [0.05, 0.1) is 19.8 Å². The highest BCUT2D eigenvalue weighted by Gasteiger charge is 2.42. The molecule has 4 rings (SSSR count). The van der Waals surface area contributed by atoms with Crippen LogP contribution in [-0.2, 0) is 4.74 Å². The highest BCUT2D eigenvalue weighted by atomic mass is 19.4. The van der Waals surface area contributed by atoms with Crippen molar-refractivity contribution in [3.8, 4) is 0 Å². The van der Waals surface area contributed by atoms with Crippen LogP contribution in [0, 0.1) is 6.92 Å². The molecular formula is C26H38F3N5O. The fourth-order valence-electron chi connectivity index (χ4n) is 5.82. The van der Waals surface area contributed by atoms with Gasteiger partial charge in [-0.3, -0.25) is 10.2 Å². The molecule has 2 aliphatic heterocycles. The zero-order chi connectivity index (χ0) is 25.0. The summed E-state index contributed by atoms with van der Waals surface area (Å²) in [5.41, 5.74) is 1.14. The van der Waals surface area contributed by atoms with Crippen LogP contribution in [0.3, 0.4) is 0 Å². The minimum atomic E-state index is -4.19. The summed E-state index contributed by atoms with van der Waals surface area (Å²) in [6.45, 7) is 7.14. The molecular weight excluding hydrogens is 455 g/mol. The van der Waals surface area contributed by atoms with E-state index in [9.17, 15) is 13.2 Å². The summed E-state index contributed by atoms with van der Waals surface area (Å²) in [6, 6.07) is 11.7. The van der Waals surface area contributed by atoms with Gasteiger partial charge in [-0.25, -0.2) is 0 Å². The number of rotatable bonds is 11. The zero-order valence-corrected chi connectivity index (χ0v) is 21.0. The predicted octanol–water partition coefficient (Wildman–Crippen LogP) is 5.53. The Kier molecular flexibility index (Phi) is 8.50. The second-order valence-electron chi connectivity index (χ2n) is 10.3. The maximum atomic E-state index is 12.4. The lowest BCUT2D eigenvalue weighted by molar-refractivity contribution is -0.145. The van der Waals surface area contributed by atoms with Gasteiger partial charge in [-0.15, -0.1) is 10.2 Å². The number of alkyl halides is 3. The number of ether oxygens (including phenoxy) is 1. The third kappa shape index (κ3) is 6.62. The van der Waals surface area contributed by atoms with Gasteiger partial charge >= 0.3 is 6.18 Å². The van der Waals surface area contributed by atoms with E-state index in [0.29, 0.717) is 24.0 Å². The Bertz CT molecular complexity index is 919. The van der Waals surface area contributed by atoms with Gasteiger partial charge in [0.15, 0.2) is 0 Å². The Morgan fingerprint density at radius 2 is 1.74 bits per heavy atom. The van der Waals surface area contributed by atoms with Gasteiger partial charge in [-0.2, -0.15) is 13.2 Å². The smallest absolute Gasteiger partial charge is 0.366 e. The molecule has 0 radical (unpaired) electrons. The average Bonchev–Trinajstić information content (AvgIpc) is 3.31. The molecule has 6 nitrogen and oxygen atoms in total. The first-order chi connectivity index (χ1) is 16.7. The van der Waals surface area contributed by atoms with Crippen LogP contribution in [0.15, 0.2) is 30.3 Å². The molecule has 0 saturated carbocycles. The first-order valence-corrected chi connectivity index (χ1v) is 12.8. The zero-order valence-electron chi connectivity index (χ0n) is 21.0. The summed E-state index contributed by atoms with van der Waals surface area (Å²) in [7, 11) is 0. The van der Waals surface area contributed by atoms with Gasteiger partial charge in [0.25, 0.3) is 0 Å². The number of aryl methyl sites for hydroxylation is 1. The van der Waals surface area contributed by atoms with Gasteiger partial charge in [-0.1, -0.05) is 44.2 Å². The quantitative estimate of drug-likeness (QED) is 0.330. The van der Waals surface area contributed by atoms with Crippen LogP contribution in [0.5, 0.6) is 0 Å². The Balaban J connectivity index is 1.35. The molecule has 2 bridgehead atoms. The van der Waals surface area contributed by atoms with E-state index in [2.05, 4.69) is 57.9 Å². The molecule has 0 aliphatic carbocycles. The molecule has 2 aromatic rings. The van der Waals surface area contributed by atoms with Crippen molar-refractivity contribution in [1.29, 1.82) is 0 Å². The Morgan fingerprint density at radius 3 is 2.37 bits per heavy atom. The number of fused-ring (bicyclic) bond motifs is 2. The van der Waals surface area contributed by atoms with E-state index in [1.807, 2.05) is 18.2 Å². The molecule has 9 heteroatoms. The number of benzene rings is 1. The number of hydrogen-bond acceptors (Lipinski definition) is 5. The van der Waals surface area contributed by atoms with Gasteiger partial charge in [0.1, 0.15) is 11.6 Å².